The van der Waals surface area contributed by atoms with Gasteiger partial charge in [-0.25, -0.2) is 9.37 Å². The number of hydrogen-bond donors (Lipinski definition) is 3. The van der Waals surface area contributed by atoms with Crippen molar-refractivity contribution >= 4 is 34.2 Å². The molecule has 3 aliphatic rings. The molecule has 1 aliphatic carbocycles. The van der Waals surface area contributed by atoms with E-state index >= 15 is 4.39 Å². The van der Waals surface area contributed by atoms with Gasteiger partial charge >= 0.3 is 0 Å². The average molecular weight is 889 g/mol. The minimum atomic E-state index is -1.09. The molecule has 4 aromatic rings. The number of anilines is 1. The molecular formula is C47H58F2N6O7S. The SMILES string of the molecule is CN[C@@H](C)C(=O)NC(C(=O)N1Cc2cc(OCCOCCOc3c(-c4csc(N5CCOCC5)n4)ccc(F)c3F)ccc2C[C@H]1C(=O)N[C@@H]1CCCc2ccccc21)C(C)(C)C. The third kappa shape index (κ3) is 11.0. The van der Waals surface area contributed by atoms with Gasteiger partial charge in [0.2, 0.25) is 23.5 Å². The van der Waals surface area contributed by atoms with Gasteiger partial charge < -0.3 is 44.7 Å². The molecule has 2 aliphatic heterocycles. The largest absolute Gasteiger partial charge is 0.491 e. The lowest BCUT2D eigenvalue weighted by molar-refractivity contribution is -0.147. The van der Waals surface area contributed by atoms with E-state index in [0.717, 1.165) is 47.2 Å². The van der Waals surface area contributed by atoms with E-state index < -0.39 is 35.2 Å². The van der Waals surface area contributed by atoms with Gasteiger partial charge in [-0.05, 0) is 85.2 Å². The summed E-state index contributed by atoms with van der Waals surface area (Å²) in [5.41, 5.74) is 4.25. The van der Waals surface area contributed by atoms with Crippen molar-refractivity contribution < 1.29 is 42.1 Å². The van der Waals surface area contributed by atoms with Gasteiger partial charge in [0.15, 0.2) is 16.7 Å². The number of benzene rings is 3. The zero-order chi connectivity index (χ0) is 44.7. The summed E-state index contributed by atoms with van der Waals surface area (Å²) >= 11 is 1.42. The summed E-state index contributed by atoms with van der Waals surface area (Å²) in [7, 11) is 1.68. The summed E-state index contributed by atoms with van der Waals surface area (Å²) in [6, 6.07) is 13.9. The first kappa shape index (κ1) is 45.9. The van der Waals surface area contributed by atoms with Crippen LogP contribution in [-0.4, -0.2) is 106 Å². The quantitative estimate of drug-likeness (QED) is 0.115. The molecule has 3 N–H and O–H groups in total. The lowest BCUT2D eigenvalue weighted by Gasteiger charge is -2.41. The van der Waals surface area contributed by atoms with Crippen molar-refractivity contribution in [1.82, 2.24) is 25.8 Å². The van der Waals surface area contributed by atoms with Crippen molar-refractivity contribution in [2.24, 2.45) is 5.41 Å². The second-order valence-corrected chi connectivity index (χ2v) is 18.1. The van der Waals surface area contributed by atoms with Gasteiger partial charge in [-0.15, -0.1) is 11.3 Å². The summed E-state index contributed by atoms with van der Waals surface area (Å²) in [5.74, 6) is -2.67. The number of thiazole rings is 1. The Balaban J connectivity index is 0.987. The van der Waals surface area contributed by atoms with E-state index in [-0.39, 0.29) is 68.9 Å². The second kappa shape index (κ2) is 20.6. The highest BCUT2D eigenvalue weighted by molar-refractivity contribution is 7.14. The van der Waals surface area contributed by atoms with E-state index in [1.165, 1.54) is 23.0 Å². The van der Waals surface area contributed by atoms with Crippen LogP contribution in [0.15, 0.2) is 60.0 Å². The van der Waals surface area contributed by atoms with Crippen molar-refractivity contribution in [1.29, 1.82) is 0 Å². The summed E-state index contributed by atoms with van der Waals surface area (Å²) in [6.07, 6.45) is 2.99. The Morgan fingerprint density at radius 2 is 1.73 bits per heavy atom. The van der Waals surface area contributed by atoms with Gasteiger partial charge in [0, 0.05) is 37.0 Å². The number of aryl methyl sites for hydroxylation is 1. The highest BCUT2D eigenvalue weighted by Gasteiger charge is 2.43. The van der Waals surface area contributed by atoms with Crippen LogP contribution in [0.3, 0.4) is 0 Å². The Bertz CT molecular complexity index is 2250. The number of fused-ring (bicyclic) bond motifs is 2. The predicted octanol–water partition coefficient (Wildman–Crippen LogP) is 5.99. The second-order valence-electron chi connectivity index (χ2n) is 17.2. The van der Waals surface area contributed by atoms with Crippen LogP contribution in [0.2, 0.25) is 0 Å². The maximum absolute atomic E-state index is 15.0. The zero-order valence-corrected chi connectivity index (χ0v) is 37.5. The van der Waals surface area contributed by atoms with Gasteiger partial charge in [0.1, 0.15) is 31.0 Å². The zero-order valence-electron chi connectivity index (χ0n) is 36.6. The molecule has 16 heteroatoms. The first-order valence-electron chi connectivity index (χ1n) is 21.7. The maximum Gasteiger partial charge on any atom is 0.246 e. The molecule has 1 aromatic heterocycles. The van der Waals surface area contributed by atoms with E-state index in [2.05, 4.69) is 38.0 Å². The van der Waals surface area contributed by atoms with Gasteiger partial charge in [-0.3, -0.25) is 14.4 Å². The van der Waals surface area contributed by atoms with Gasteiger partial charge in [0.25, 0.3) is 0 Å². The minimum Gasteiger partial charge on any atom is -0.491 e. The van der Waals surface area contributed by atoms with Crippen molar-refractivity contribution in [3.63, 3.8) is 0 Å². The van der Waals surface area contributed by atoms with E-state index in [1.54, 1.807) is 24.3 Å². The predicted molar refractivity (Wildman–Crippen MR) is 237 cm³/mol. The van der Waals surface area contributed by atoms with Crippen molar-refractivity contribution in [2.45, 2.75) is 84.1 Å². The summed E-state index contributed by atoms with van der Waals surface area (Å²) in [6.45, 7) is 10.6. The Labute approximate surface area is 371 Å². The number of morpholine rings is 1. The number of ether oxygens (including phenoxy) is 4. The number of carbonyl (C=O) groups is 3. The number of rotatable bonds is 16. The van der Waals surface area contributed by atoms with Crippen LogP contribution in [0, 0.1) is 17.0 Å². The number of nitrogens with zero attached hydrogens (tertiary/aromatic N) is 3. The number of likely N-dealkylation sites (N-methyl/N-ethyl adjacent to an activating group) is 1. The van der Waals surface area contributed by atoms with Crippen LogP contribution < -0.4 is 30.3 Å². The van der Waals surface area contributed by atoms with Crippen molar-refractivity contribution in [2.75, 3.05) is 64.7 Å². The number of nitrogens with one attached hydrogen (secondary N) is 3. The lowest BCUT2D eigenvalue weighted by Crippen LogP contribution is -2.62. The fraction of sp³-hybridized carbons (Fsp3) is 0.489. The fourth-order valence-corrected chi connectivity index (χ4v) is 9.07. The van der Waals surface area contributed by atoms with Gasteiger partial charge in [-0.2, -0.15) is 4.39 Å². The highest BCUT2D eigenvalue weighted by atomic mass is 32.1. The molecule has 0 radical (unpaired) electrons. The average Bonchev–Trinajstić information content (AvgIpc) is 3.78. The van der Waals surface area contributed by atoms with E-state index in [9.17, 15) is 18.8 Å². The molecule has 4 atom stereocenters. The molecule has 0 saturated carbocycles. The van der Waals surface area contributed by atoms with Crippen LogP contribution in [-0.2, 0) is 43.2 Å². The molecule has 338 valence electrons. The molecule has 0 bridgehead atoms. The van der Waals surface area contributed by atoms with Crippen LogP contribution in [0.5, 0.6) is 11.5 Å². The molecule has 3 amide bonds. The third-order valence-electron chi connectivity index (χ3n) is 11.9. The fourth-order valence-electron chi connectivity index (χ4n) is 8.19. The third-order valence-corrected chi connectivity index (χ3v) is 12.8. The smallest absolute Gasteiger partial charge is 0.246 e. The Morgan fingerprint density at radius 1 is 0.968 bits per heavy atom. The van der Waals surface area contributed by atoms with Crippen LogP contribution in [0.4, 0.5) is 13.9 Å². The Morgan fingerprint density at radius 3 is 2.49 bits per heavy atom. The molecule has 3 heterocycles. The molecule has 1 fully saturated rings. The maximum atomic E-state index is 15.0. The first-order valence-corrected chi connectivity index (χ1v) is 22.6. The van der Waals surface area contributed by atoms with Gasteiger partial charge in [0.05, 0.1) is 44.2 Å². The molecule has 1 saturated heterocycles. The number of halogens is 2. The molecule has 3 aromatic carbocycles. The van der Waals surface area contributed by atoms with Crippen molar-refractivity contribution in [3.05, 3.63) is 93.9 Å². The van der Waals surface area contributed by atoms with Crippen molar-refractivity contribution in [3.8, 4) is 22.8 Å². The Kier molecular flexibility index (Phi) is 15.0. The van der Waals surface area contributed by atoms with Crippen LogP contribution >= 0.6 is 11.3 Å². The minimum absolute atomic E-state index is 0.0393. The van der Waals surface area contributed by atoms with Crippen LogP contribution in [0.25, 0.3) is 11.3 Å². The number of hydrogen-bond acceptors (Lipinski definition) is 11. The van der Waals surface area contributed by atoms with E-state index in [0.29, 0.717) is 43.3 Å². The highest BCUT2D eigenvalue weighted by Crippen LogP contribution is 2.37. The van der Waals surface area contributed by atoms with E-state index in [1.807, 2.05) is 51.1 Å². The van der Waals surface area contributed by atoms with E-state index in [4.69, 9.17) is 18.9 Å². The summed E-state index contributed by atoms with van der Waals surface area (Å²) in [4.78, 5) is 50.5. The standard InChI is InChI=1S/C47H58F2N6O7S/c1-29(50-5)43(56)53-42(47(2,3)4)45(58)55-27-32-25-33(14-13-31(32)26-39(55)44(57)51-37-12-8-10-30-9-6-7-11-34(30)37)61-23-21-60-22-24-62-41-35(15-16-36(48)40(41)49)38-28-63-46(52-38)54-17-19-59-20-18-54/h6-7,9,11,13-16,25,28-29,37,39,42,50H,8,10,12,17-24,26-27H2,1-5H3,(H,51,57)(H,53,56)/t29-,37+,39-,42?/m0/s1. The monoisotopic (exact) mass is 888 g/mol. The number of aromatic nitrogens is 1. The van der Waals surface area contributed by atoms with Crippen LogP contribution in [0.1, 0.15) is 68.8 Å². The molecule has 63 heavy (non-hydrogen) atoms. The molecule has 7 rings (SSSR count). The lowest BCUT2D eigenvalue weighted by atomic mass is 9.83. The van der Waals surface area contributed by atoms with Gasteiger partial charge in [-0.1, -0.05) is 51.1 Å². The summed E-state index contributed by atoms with van der Waals surface area (Å²) in [5, 5.41) is 11.8. The number of amides is 3. The first-order chi connectivity index (χ1) is 30.3. The number of carbonyl (C=O) groups excluding carboxylic acids is 3. The normalized spacial score (nSPS) is 18.5. The molecule has 13 nitrogen and oxygen atoms in total. The molecule has 1 unspecified atom stereocenters. The summed E-state index contributed by atoms with van der Waals surface area (Å²) < 4.78 is 52.3. The molecular weight excluding hydrogens is 831 g/mol. The Hall–Kier alpha value is -5.16. The molecule has 0 spiro atoms. The topological polar surface area (TPSA) is 144 Å².